The van der Waals surface area contributed by atoms with E-state index < -0.39 is 12.1 Å². The van der Waals surface area contributed by atoms with Gasteiger partial charge in [0.2, 0.25) is 0 Å². The average Bonchev–Trinajstić information content (AvgIpc) is 3.11. The van der Waals surface area contributed by atoms with Crippen LogP contribution in [0.2, 0.25) is 0 Å². The molecule has 2 rings (SSSR count). The minimum atomic E-state index is -0.843. The van der Waals surface area contributed by atoms with Gasteiger partial charge in [0.25, 0.3) is 0 Å². The minimum absolute atomic E-state index is 0.0651. The third kappa shape index (κ3) is 5.53. The molecule has 1 unspecified atom stereocenters. The van der Waals surface area contributed by atoms with E-state index in [0.29, 0.717) is 36.1 Å². The monoisotopic (exact) mass is 335 g/mol. The van der Waals surface area contributed by atoms with Crippen molar-refractivity contribution in [3.05, 3.63) is 24.0 Å². The topological polar surface area (TPSA) is 88.9 Å². The normalized spacial score (nSPS) is 16.4. The van der Waals surface area contributed by atoms with Crippen molar-refractivity contribution >= 4 is 12.0 Å². The van der Waals surface area contributed by atoms with Crippen LogP contribution in [0.5, 0.6) is 11.5 Å². The molecule has 0 saturated heterocycles. The Morgan fingerprint density at radius 3 is 2.83 bits per heavy atom. The number of rotatable bonds is 9. The molecule has 0 spiro atoms. The number of aliphatic carboxylic acids is 1. The van der Waals surface area contributed by atoms with Crippen LogP contribution >= 0.6 is 0 Å². The summed E-state index contributed by atoms with van der Waals surface area (Å²) in [6, 6.07) is 1.74. The molecule has 0 radical (unpaired) electrons. The van der Waals surface area contributed by atoms with E-state index in [4.69, 9.17) is 14.6 Å². The van der Waals surface area contributed by atoms with Crippen LogP contribution in [0.1, 0.15) is 44.2 Å². The standard InChI is InChI=1S/C18H25NO5/c1-23-16-11-14(8-9-15(20)13-5-2-3-6-13)19-12-17(16)24-10-4-7-18(21)22/h8-9,11-13,15,20H,2-7,10H2,1H3,(H,21,22)/b9-8+. The van der Waals surface area contributed by atoms with Crippen LogP contribution in [-0.4, -0.2) is 41.0 Å². The average molecular weight is 335 g/mol. The number of carboxylic acid groups (broad SMARTS) is 1. The molecule has 132 valence electrons. The van der Waals surface area contributed by atoms with Gasteiger partial charge in [-0.25, -0.2) is 0 Å². The molecule has 1 aliphatic carbocycles. The van der Waals surface area contributed by atoms with Crippen molar-refractivity contribution in [2.45, 2.75) is 44.6 Å². The van der Waals surface area contributed by atoms with Gasteiger partial charge in [0.15, 0.2) is 11.5 Å². The number of hydrogen-bond donors (Lipinski definition) is 2. The first kappa shape index (κ1) is 18.3. The fourth-order valence-corrected chi connectivity index (χ4v) is 2.86. The summed E-state index contributed by atoms with van der Waals surface area (Å²) in [6.07, 6.45) is 9.71. The van der Waals surface area contributed by atoms with E-state index in [1.165, 1.54) is 12.8 Å². The lowest BCUT2D eigenvalue weighted by molar-refractivity contribution is -0.137. The van der Waals surface area contributed by atoms with E-state index in [1.54, 1.807) is 31.5 Å². The van der Waals surface area contributed by atoms with E-state index in [9.17, 15) is 9.90 Å². The van der Waals surface area contributed by atoms with Crippen molar-refractivity contribution in [1.82, 2.24) is 4.98 Å². The van der Waals surface area contributed by atoms with Crippen molar-refractivity contribution in [1.29, 1.82) is 0 Å². The summed E-state index contributed by atoms with van der Waals surface area (Å²) in [5, 5.41) is 18.8. The van der Waals surface area contributed by atoms with E-state index in [0.717, 1.165) is 12.8 Å². The molecule has 1 fully saturated rings. The number of aliphatic hydroxyl groups is 1. The van der Waals surface area contributed by atoms with Gasteiger partial charge in [-0.2, -0.15) is 0 Å². The number of pyridine rings is 1. The molecule has 0 aliphatic heterocycles. The largest absolute Gasteiger partial charge is 0.493 e. The molecule has 6 nitrogen and oxygen atoms in total. The van der Waals surface area contributed by atoms with Crippen molar-refractivity contribution in [2.24, 2.45) is 5.92 Å². The highest BCUT2D eigenvalue weighted by molar-refractivity contribution is 5.66. The lowest BCUT2D eigenvalue weighted by Crippen LogP contribution is -2.14. The second-order valence-corrected chi connectivity index (χ2v) is 6.00. The second kappa shape index (κ2) is 9.27. The highest BCUT2D eigenvalue weighted by atomic mass is 16.5. The minimum Gasteiger partial charge on any atom is -0.493 e. The Bertz CT molecular complexity index is 567. The highest BCUT2D eigenvalue weighted by Gasteiger charge is 2.20. The molecule has 1 aromatic rings. The fraction of sp³-hybridized carbons (Fsp3) is 0.556. The first-order valence-corrected chi connectivity index (χ1v) is 8.35. The van der Waals surface area contributed by atoms with Gasteiger partial charge in [-0.15, -0.1) is 0 Å². The van der Waals surface area contributed by atoms with Crippen molar-refractivity contribution in [3.63, 3.8) is 0 Å². The number of nitrogens with zero attached hydrogens (tertiary/aromatic N) is 1. The molecule has 0 bridgehead atoms. The molecule has 0 aromatic carbocycles. The van der Waals surface area contributed by atoms with Crippen LogP contribution < -0.4 is 9.47 Å². The maximum absolute atomic E-state index is 10.5. The van der Waals surface area contributed by atoms with Crippen LogP contribution in [0.25, 0.3) is 6.08 Å². The summed E-state index contributed by atoms with van der Waals surface area (Å²) >= 11 is 0. The van der Waals surface area contributed by atoms with Crippen LogP contribution in [-0.2, 0) is 4.79 Å². The maximum atomic E-state index is 10.5. The number of carboxylic acids is 1. The predicted molar refractivity (Wildman–Crippen MR) is 90.2 cm³/mol. The number of methoxy groups -OCH3 is 1. The van der Waals surface area contributed by atoms with Crippen molar-refractivity contribution in [2.75, 3.05) is 13.7 Å². The summed E-state index contributed by atoms with van der Waals surface area (Å²) in [5.74, 6) is 0.525. The number of hydrogen-bond acceptors (Lipinski definition) is 5. The van der Waals surface area contributed by atoms with Crippen LogP contribution in [0.4, 0.5) is 0 Å². The molecule has 24 heavy (non-hydrogen) atoms. The van der Waals surface area contributed by atoms with E-state index >= 15 is 0 Å². The van der Waals surface area contributed by atoms with Crippen LogP contribution in [0.15, 0.2) is 18.3 Å². The van der Waals surface area contributed by atoms with Gasteiger partial charge in [-0.05, 0) is 31.3 Å². The molecule has 1 aromatic heterocycles. The zero-order valence-corrected chi connectivity index (χ0v) is 14.0. The Kier molecular flexibility index (Phi) is 7.06. The van der Waals surface area contributed by atoms with Gasteiger partial charge in [0, 0.05) is 12.5 Å². The lowest BCUT2D eigenvalue weighted by atomic mass is 10.0. The van der Waals surface area contributed by atoms with Gasteiger partial charge in [0.05, 0.1) is 31.7 Å². The molecule has 1 aliphatic rings. The number of aliphatic hydroxyl groups excluding tert-OH is 1. The van der Waals surface area contributed by atoms with E-state index in [2.05, 4.69) is 4.98 Å². The zero-order chi connectivity index (χ0) is 17.4. The van der Waals surface area contributed by atoms with Gasteiger partial charge in [0.1, 0.15) is 0 Å². The molecule has 6 heteroatoms. The van der Waals surface area contributed by atoms with Crippen molar-refractivity contribution in [3.8, 4) is 11.5 Å². The SMILES string of the molecule is COc1cc(/C=C/C(O)C2CCCC2)ncc1OCCCC(=O)O. The third-order valence-electron chi connectivity index (χ3n) is 4.21. The summed E-state index contributed by atoms with van der Waals surface area (Å²) in [4.78, 5) is 14.8. The Morgan fingerprint density at radius 1 is 1.42 bits per heavy atom. The zero-order valence-electron chi connectivity index (χ0n) is 14.0. The van der Waals surface area contributed by atoms with E-state index in [-0.39, 0.29) is 6.42 Å². The van der Waals surface area contributed by atoms with Crippen LogP contribution in [0, 0.1) is 5.92 Å². The Balaban J connectivity index is 1.93. The van der Waals surface area contributed by atoms with Gasteiger partial charge in [-0.3, -0.25) is 9.78 Å². The third-order valence-corrected chi connectivity index (χ3v) is 4.21. The second-order valence-electron chi connectivity index (χ2n) is 6.00. The molecule has 2 N–H and O–H groups in total. The van der Waals surface area contributed by atoms with Gasteiger partial charge >= 0.3 is 5.97 Å². The van der Waals surface area contributed by atoms with Crippen molar-refractivity contribution < 1.29 is 24.5 Å². The number of carbonyl (C=O) groups is 1. The number of aromatic nitrogens is 1. The fourth-order valence-electron chi connectivity index (χ4n) is 2.86. The molecule has 1 saturated carbocycles. The summed E-state index contributed by atoms with van der Waals surface area (Å²) < 4.78 is 10.8. The summed E-state index contributed by atoms with van der Waals surface area (Å²) in [7, 11) is 1.54. The lowest BCUT2D eigenvalue weighted by Gasteiger charge is -2.13. The Hall–Kier alpha value is -2.08. The first-order valence-electron chi connectivity index (χ1n) is 8.35. The molecule has 1 heterocycles. The quantitative estimate of drug-likeness (QED) is 0.675. The van der Waals surface area contributed by atoms with E-state index in [1.807, 2.05) is 0 Å². The Morgan fingerprint density at radius 2 is 2.17 bits per heavy atom. The maximum Gasteiger partial charge on any atom is 0.303 e. The van der Waals surface area contributed by atoms with Crippen LogP contribution in [0.3, 0.4) is 0 Å². The summed E-state index contributed by atoms with van der Waals surface area (Å²) in [6.45, 7) is 0.292. The highest BCUT2D eigenvalue weighted by Crippen LogP contribution is 2.29. The smallest absolute Gasteiger partial charge is 0.303 e. The predicted octanol–water partition coefficient (Wildman–Crippen LogP) is 2.90. The first-order chi connectivity index (χ1) is 11.6. The van der Waals surface area contributed by atoms with Gasteiger partial charge < -0.3 is 19.7 Å². The molecule has 1 atom stereocenters. The number of ether oxygens (including phenoxy) is 2. The Labute approximate surface area is 142 Å². The summed E-state index contributed by atoms with van der Waals surface area (Å²) in [5.41, 5.74) is 0.682. The molecular weight excluding hydrogens is 310 g/mol. The molecular formula is C18H25NO5. The molecule has 0 amide bonds. The van der Waals surface area contributed by atoms with Gasteiger partial charge in [-0.1, -0.05) is 18.9 Å².